The summed E-state index contributed by atoms with van der Waals surface area (Å²) in [4.78, 5) is 25.7. The number of benzene rings is 2. The molecule has 0 aliphatic carbocycles. The van der Waals surface area contributed by atoms with Crippen LogP contribution in [0.4, 0.5) is 29.1 Å². The fourth-order valence-corrected chi connectivity index (χ4v) is 4.09. The fraction of sp³-hybridized carbons (Fsp3) is 0.208. The van der Waals surface area contributed by atoms with E-state index in [0.717, 1.165) is 6.07 Å². The van der Waals surface area contributed by atoms with Gasteiger partial charge < -0.3 is 15.2 Å². The van der Waals surface area contributed by atoms with Gasteiger partial charge in [0.2, 0.25) is 0 Å². The van der Waals surface area contributed by atoms with Crippen molar-refractivity contribution < 1.29 is 22.4 Å². The average Bonchev–Trinajstić information content (AvgIpc) is 3.45. The van der Waals surface area contributed by atoms with Gasteiger partial charge in [0.1, 0.15) is 23.3 Å². The maximum Gasteiger partial charge on any atom is 0.417 e. The second kappa shape index (κ2) is 8.44. The van der Waals surface area contributed by atoms with Crippen LogP contribution in [-0.2, 0) is 6.18 Å². The molecule has 0 bridgehead atoms. The Morgan fingerprint density at radius 1 is 1.12 bits per heavy atom. The highest BCUT2D eigenvalue weighted by molar-refractivity contribution is 6.11. The van der Waals surface area contributed by atoms with Gasteiger partial charge in [-0.05, 0) is 48.9 Å². The van der Waals surface area contributed by atoms with Crippen molar-refractivity contribution in [3.8, 4) is 11.4 Å². The minimum atomic E-state index is -4.65. The predicted octanol–water partition coefficient (Wildman–Crippen LogP) is 5.44. The molecule has 0 saturated carbocycles. The van der Waals surface area contributed by atoms with E-state index in [0.29, 0.717) is 23.6 Å². The van der Waals surface area contributed by atoms with Crippen LogP contribution in [0.15, 0.2) is 60.8 Å². The number of carbonyl (C=O) groups is 1. The van der Waals surface area contributed by atoms with Gasteiger partial charge in [0.25, 0.3) is 5.91 Å². The Hall–Kier alpha value is -3.95. The summed E-state index contributed by atoms with van der Waals surface area (Å²) >= 11 is 0. The first-order valence-electron chi connectivity index (χ1n) is 10.6. The molecule has 1 aliphatic rings. The Bertz CT molecular complexity index is 1350. The molecule has 2 aromatic carbocycles. The summed E-state index contributed by atoms with van der Waals surface area (Å²) in [6.45, 7) is 0.424. The number of halogens is 4. The zero-order valence-electron chi connectivity index (χ0n) is 17.7. The second-order valence-corrected chi connectivity index (χ2v) is 8.02. The molecule has 5 rings (SSSR count). The molecule has 2 aromatic heterocycles. The molecule has 4 aromatic rings. The highest BCUT2D eigenvalue weighted by Gasteiger charge is 2.36. The predicted molar refractivity (Wildman–Crippen MR) is 120 cm³/mol. The quantitative estimate of drug-likeness (QED) is 0.390. The molecule has 1 fully saturated rings. The highest BCUT2D eigenvalue weighted by atomic mass is 19.4. The van der Waals surface area contributed by atoms with Crippen molar-refractivity contribution in [1.29, 1.82) is 0 Å². The lowest BCUT2D eigenvalue weighted by Crippen LogP contribution is -2.21. The van der Waals surface area contributed by atoms with Crippen molar-refractivity contribution in [2.24, 2.45) is 0 Å². The Kier molecular flexibility index (Phi) is 5.43. The average molecular weight is 469 g/mol. The van der Waals surface area contributed by atoms with Crippen LogP contribution in [0.5, 0.6) is 0 Å². The van der Waals surface area contributed by atoms with E-state index in [4.69, 9.17) is 0 Å². The first-order valence-corrected chi connectivity index (χ1v) is 10.6. The molecule has 0 radical (unpaired) electrons. The number of nitrogens with one attached hydrogen (secondary N) is 2. The Labute approximate surface area is 191 Å². The van der Waals surface area contributed by atoms with E-state index in [1.165, 1.54) is 18.3 Å². The standard InChI is InChI=1S/C24H19F4N5O/c25-14-9-11-33(13-14)15-7-8-16(18(12-15)24(26,27)28)22-30-19-5-3-4-17(21(19)32-22)23(34)31-20-6-1-2-10-29-20/h1-8,10,12,14H,9,11,13H2,(H,30,32)(H,29,31,34). The molecule has 2 N–H and O–H groups in total. The van der Waals surface area contributed by atoms with E-state index in [2.05, 4.69) is 20.3 Å². The third-order valence-corrected chi connectivity index (χ3v) is 5.72. The highest BCUT2D eigenvalue weighted by Crippen LogP contribution is 2.39. The first-order chi connectivity index (χ1) is 16.3. The number of imidazole rings is 1. The number of para-hydroxylation sites is 1. The molecule has 34 heavy (non-hydrogen) atoms. The minimum absolute atomic E-state index is 0.0169. The Balaban J connectivity index is 1.54. The van der Waals surface area contributed by atoms with Gasteiger partial charge in [-0.15, -0.1) is 0 Å². The summed E-state index contributed by atoms with van der Waals surface area (Å²) in [6, 6.07) is 13.7. The summed E-state index contributed by atoms with van der Waals surface area (Å²) in [6.07, 6.45) is -3.89. The van der Waals surface area contributed by atoms with Crippen LogP contribution in [0, 0.1) is 0 Å². The summed E-state index contributed by atoms with van der Waals surface area (Å²) in [5.41, 5.74) is 0.124. The fourth-order valence-electron chi connectivity index (χ4n) is 4.09. The minimum Gasteiger partial charge on any atom is -0.368 e. The van der Waals surface area contributed by atoms with Crippen LogP contribution >= 0.6 is 0 Å². The lowest BCUT2D eigenvalue weighted by Gasteiger charge is -2.20. The molecule has 174 valence electrons. The lowest BCUT2D eigenvalue weighted by molar-refractivity contribution is -0.137. The summed E-state index contributed by atoms with van der Waals surface area (Å²) in [5.74, 6) is -0.159. The third kappa shape index (κ3) is 4.18. The number of pyridine rings is 1. The Morgan fingerprint density at radius 2 is 1.97 bits per heavy atom. The molecule has 1 amide bonds. The molecule has 10 heteroatoms. The van der Waals surface area contributed by atoms with Crippen LogP contribution in [0.1, 0.15) is 22.3 Å². The largest absolute Gasteiger partial charge is 0.417 e. The van der Waals surface area contributed by atoms with Gasteiger partial charge in [-0.3, -0.25) is 4.79 Å². The number of hydrogen-bond acceptors (Lipinski definition) is 4. The maximum atomic E-state index is 14.0. The number of aromatic amines is 1. The summed E-state index contributed by atoms with van der Waals surface area (Å²) in [5, 5.41) is 2.66. The number of amides is 1. The number of hydrogen-bond donors (Lipinski definition) is 2. The number of H-pyrrole nitrogens is 1. The maximum absolute atomic E-state index is 14.0. The molecule has 0 spiro atoms. The van der Waals surface area contributed by atoms with Crippen LogP contribution < -0.4 is 10.2 Å². The van der Waals surface area contributed by atoms with Crippen LogP contribution in [0.2, 0.25) is 0 Å². The number of carbonyl (C=O) groups excluding carboxylic acids is 1. The molecule has 6 nitrogen and oxygen atoms in total. The smallest absolute Gasteiger partial charge is 0.368 e. The molecule has 1 atom stereocenters. The zero-order chi connectivity index (χ0) is 23.9. The van der Waals surface area contributed by atoms with Crippen LogP contribution in [0.25, 0.3) is 22.4 Å². The zero-order valence-corrected chi connectivity index (χ0v) is 17.7. The summed E-state index contributed by atoms with van der Waals surface area (Å²) < 4.78 is 55.5. The van der Waals surface area contributed by atoms with Gasteiger partial charge in [-0.1, -0.05) is 12.1 Å². The number of alkyl halides is 4. The van der Waals surface area contributed by atoms with Crippen LogP contribution in [0.3, 0.4) is 0 Å². The number of aromatic nitrogens is 3. The van der Waals surface area contributed by atoms with Crippen molar-refractivity contribution in [3.05, 3.63) is 71.9 Å². The molecule has 1 saturated heterocycles. The lowest BCUT2D eigenvalue weighted by atomic mass is 10.0. The van der Waals surface area contributed by atoms with E-state index in [1.807, 2.05) is 0 Å². The normalized spacial score (nSPS) is 16.2. The van der Waals surface area contributed by atoms with Gasteiger partial charge in [-0.25, -0.2) is 14.4 Å². The van der Waals surface area contributed by atoms with Crippen molar-refractivity contribution in [1.82, 2.24) is 15.0 Å². The van der Waals surface area contributed by atoms with Crippen LogP contribution in [-0.4, -0.2) is 40.1 Å². The van der Waals surface area contributed by atoms with Gasteiger partial charge in [-0.2, -0.15) is 13.2 Å². The van der Waals surface area contributed by atoms with E-state index in [1.54, 1.807) is 41.3 Å². The number of fused-ring (bicyclic) bond motifs is 1. The van der Waals surface area contributed by atoms with Crippen molar-refractivity contribution in [2.45, 2.75) is 18.8 Å². The molecule has 1 unspecified atom stereocenters. The molecule has 1 aliphatic heterocycles. The van der Waals surface area contributed by atoms with Crippen molar-refractivity contribution in [3.63, 3.8) is 0 Å². The second-order valence-electron chi connectivity index (χ2n) is 8.02. The number of anilines is 2. The van der Waals surface area contributed by atoms with Crippen molar-refractivity contribution >= 4 is 28.4 Å². The van der Waals surface area contributed by atoms with Gasteiger partial charge in [0.05, 0.1) is 16.6 Å². The third-order valence-electron chi connectivity index (χ3n) is 5.72. The monoisotopic (exact) mass is 469 g/mol. The number of nitrogens with zero attached hydrogens (tertiary/aromatic N) is 3. The molecular formula is C24H19F4N5O. The SMILES string of the molecule is O=C(Nc1ccccn1)c1cccc2[nH]c(-c3ccc(N4CCC(F)C4)cc3C(F)(F)F)nc12. The van der Waals surface area contributed by atoms with Crippen molar-refractivity contribution in [2.75, 3.05) is 23.3 Å². The van der Waals surface area contributed by atoms with E-state index in [-0.39, 0.29) is 35.4 Å². The van der Waals surface area contributed by atoms with E-state index >= 15 is 0 Å². The number of rotatable bonds is 4. The van der Waals surface area contributed by atoms with E-state index in [9.17, 15) is 22.4 Å². The van der Waals surface area contributed by atoms with Gasteiger partial charge in [0, 0.05) is 30.5 Å². The molecular weight excluding hydrogens is 450 g/mol. The van der Waals surface area contributed by atoms with Gasteiger partial charge in [0.15, 0.2) is 0 Å². The summed E-state index contributed by atoms with van der Waals surface area (Å²) in [7, 11) is 0. The van der Waals surface area contributed by atoms with Gasteiger partial charge >= 0.3 is 6.18 Å². The van der Waals surface area contributed by atoms with E-state index < -0.39 is 23.8 Å². The topological polar surface area (TPSA) is 73.9 Å². The first kappa shape index (κ1) is 21.9. The Morgan fingerprint density at radius 3 is 2.68 bits per heavy atom. The molecule has 3 heterocycles.